The van der Waals surface area contributed by atoms with Crippen molar-refractivity contribution in [2.24, 2.45) is 0 Å². The molecule has 0 spiro atoms. The van der Waals surface area contributed by atoms with Crippen LogP contribution in [0.1, 0.15) is 15.2 Å². The molecule has 0 amide bonds. The molecule has 1 rings (SSSR count). The lowest BCUT2D eigenvalue weighted by atomic mass is 10.3. The van der Waals surface area contributed by atoms with Crippen LogP contribution in [0.25, 0.3) is 0 Å². The lowest BCUT2D eigenvalue weighted by Gasteiger charge is -1.77. The van der Waals surface area contributed by atoms with E-state index in [1.807, 2.05) is 6.92 Å². The van der Waals surface area contributed by atoms with E-state index >= 15 is 0 Å². The van der Waals surface area contributed by atoms with Crippen molar-refractivity contribution in [3.8, 4) is 0 Å². The van der Waals surface area contributed by atoms with Gasteiger partial charge in [-0.2, -0.15) is 0 Å². The number of halogens is 2. The first kappa shape index (κ1) is 8.24. The summed E-state index contributed by atoms with van der Waals surface area (Å²) in [5.74, 6) is 0. The first-order valence-electron chi connectivity index (χ1n) is 2.57. The molecule has 0 aromatic carbocycles. The molecule has 0 aliphatic carbocycles. The fourth-order valence-corrected chi connectivity index (χ4v) is 2.09. The van der Waals surface area contributed by atoms with Gasteiger partial charge in [0.15, 0.2) is 0 Å². The van der Waals surface area contributed by atoms with Gasteiger partial charge in [0.2, 0.25) is 0 Å². The molecular formula is C6H4BrClOS. The summed E-state index contributed by atoms with van der Waals surface area (Å²) >= 11 is 9.89. The minimum Gasteiger partial charge on any atom is -0.275 e. The molecule has 4 heteroatoms. The van der Waals surface area contributed by atoms with Gasteiger partial charge in [-0.05, 0) is 46.1 Å². The molecule has 0 saturated heterocycles. The molecule has 1 heterocycles. The second-order valence-corrected chi connectivity index (χ2v) is 4.55. The van der Waals surface area contributed by atoms with Gasteiger partial charge in [0.05, 0.1) is 8.66 Å². The van der Waals surface area contributed by atoms with Crippen LogP contribution in [0.15, 0.2) is 9.85 Å². The highest BCUT2D eigenvalue weighted by molar-refractivity contribution is 9.11. The number of thiophene rings is 1. The standard InChI is InChI=1S/C6H4BrClOS/c1-3-2-4(6(8)9)10-5(3)7/h2H,1H3. The van der Waals surface area contributed by atoms with E-state index in [1.54, 1.807) is 6.07 Å². The van der Waals surface area contributed by atoms with Crippen LogP contribution in [0.5, 0.6) is 0 Å². The Morgan fingerprint density at radius 1 is 1.80 bits per heavy atom. The Morgan fingerprint density at radius 3 is 2.60 bits per heavy atom. The van der Waals surface area contributed by atoms with E-state index in [1.165, 1.54) is 11.3 Å². The Hall–Kier alpha value is 0.140. The lowest BCUT2D eigenvalue weighted by molar-refractivity contribution is 0.108. The fraction of sp³-hybridized carbons (Fsp3) is 0.167. The van der Waals surface area contributed by atoms with Gasteiger partial charge in [-0.1, -0.05) is 0 Å². The Kier molecular flexibility index (Phi) is 2.50. The van der Waals surface area contributed by atoms with Crippen LogP contribution in [-0.4, -0.2) is 5.24 Å². The predicted molar refractivity (Wildman–Crippen MR) is 46.9 cm³/mol. The van der Waals surface area contributed by atoms with E-state index in [2.05, 4.69) is 15.9 Å². The maximum Gasteiger partial charge on any atom is 0.262 e. The third kappa shape index (κ3) is 1.59. The minimum atomic E-state index is -0.390. The highest BCUT2D eigenvalue weighted by atomic mass is 79.9. The normalized spacial score (nSPS) is 9.90. The van der Waals surface area contributed by atoms with Gasteiger partial charge in [0.1, 0.15) is 0 Å². The zero-order chi connectivity index (χ0) is 7.72. The Bertz CT molecular complexity index is 249. The molecule has 0 fully saturated rings. The second kappa shape index (κ2) is 3.03. The van der Waals surface area contributed by atoms with Crippen molar-refractivity contribution >= 4 is 44.1 Å². The largest absolute Gasteiger partial charge is 0.275 e. The average Bonchev–Trinajstić information content (AvgIpc) is 2.13. The first-order valence-corrected chi connectivity index (χ1v) is 4.56. The molecule has 0 saturated carbocycles. The van der Waals surface area contributed by atoms with E-state index in [0.29, 0.717) is 4.88 Å². The van der Waals surface area contributed by atoms with Crippen LogP contribution in [0.4, 0.5) is 0 Å². The van der Waals surface area contributed by atoms with Crippen LogP contribution in [0.3, 0.4) is 0 Å². The third-order valence-corrected chi connectivity index (χ3v) is 3.50. The summed E-state index contributed by atoms with van der Waals surface area (Å²) in [7, 11) is 0. The van der Waals surface area contributed by atoms with Crippen LogP contribution < -0.4 is 0 Å². The molecule has 0 radical (unpaired) electrons. The third-order valence-electron chi connectivity index (χ3n) is 1.05. The van der Waals surface area contributed by atoms with Crippen molar-refractivity contribution in [2.75, 3.05) is 0 Å². The van der Waals surface area contributed by atoms with Crippen molar-refractivity contribution in [3.63, 3.8) is 0 Å². The Balaban J connectivity index is 3.10. The number of carbonyl (C=O) groups excluding carboxylic acids is 1. The minimum absolute atomic E-state index is 0.390. The van der Waals surface area contributed by atoms with E-state index in [4.69, 9.17) is 11.6 Å². The topological polar surface area (TPSA) is 17.1 Å². The van der Waals surface area contributed by atoms with E-state index in [9.17, 15) is 4.79 Å². The van der Waals surface area contributed by atoms with Gasteiger partial charge in [-0.25, -0.2) is 0 Å². The molecule has 0 atom stereocenters. The van der Waals surface area contributed by atoms with Gasteiger partial charge >= 0.3 is 0 Å². The second-order valence-electron chi connectivity index (χ2n) is 1.84. The monoisotopic (exact) mass is 238 g/mol. The molecule has 1 nitrogen and oxygen atoms in total. The number of rotatable bonds is 1. The van der Waals surface area contributed by atoms with Crippen molar-refractivity contribution in [1.29, 1.82) is 0 Å². The van der Waals surface area contributed by atoms with E-state index in [-0.39, 0.29) is 5.24 Å². The van der Waals surface area contributed by atoms with Crippen LogP contribution in [-0.2, 0) is 0 Å². The quantitative estimate of drug-likeness (QED) is 0.688. The van der Waals surface area contributed by atoms with E-state index in [0.717, 1.165) is 9.35 Å². The lowest BCUT2D eigenvalue weighted by Crippen LogP contribution is -1.79. The molecule has 1 aromatic rings. The summed E-state index contributed by atoms with van der Waals surface area (Å²) in [4.78, 5) is 11.2. The molecule has 0 aliphatic heterocycles. The molecule has 10 heavy (non-hydrogen) atoms. The smallest absolute Gasteiger partial charge is 0.262 e. The Morgan fingerprint density at radius 2 is 2.40 bits per heavy atom. The van der Waals surface area contributed by atoms with Gasteiger partial charge in [0.25, 0.3) is 5.24 Å². The SMILES string of the molecule is Cc1cc(C(=O)Cl)sc1Br. The maximum absolute atomic E-state index is 10.6. The van der Waals surface area contributed by atoms with Crippen molar-refractivity contribution in [2.45, 2.75) is 6.92 Å². The summed E-state index contributed by atoms with van der Waals surface area (Å²) in [6, 6.07) is 1.77. The summed E-state index contributed by atoms with van der Waals surface area (Å²) in [6.45, 7) is 1.92. The van der Waals surface area contributed by atoms with E-state index < -0.39 is 0 Å². The molecule has 0 N–H and O–H groups in total. The highest BCUT2D eigenvalue weighted by Crippen LogP contribution is 2.27. The molecule has 0 aliphatic rings. The van der Waals surface area contributed by atoms with Crippen LogP contribution in [0.2, 0.25) is 0 Å². The summed E-state index contributed by atoms with van der Waals surface area (Å²) in [5, 5.41) is -0.390. The van der Waals surface area contributed by atoms with Gasteiger partial charge in [-0.15, -0.1) is 11.3 Å². The number of hydrogen-bond acceptors (Lipinski definition) is 2. The summed E-state index contributed by atoms with van der Waals surface area (Å²) < 4.78 is 0.969. The molecular weight excluding hydrogens is 235 g/mol. The van der Waals surface area contributed by atoms with Crippen molar-refractivity contribution < 1.29 is 4.79 Å². The molecule has 0 bridgehead atoms. The maximum atomic E-state index is 10.6. The summed E-state index contributed by atoms with van der Waals surface area (Å²) in [5.41, 5.74) is 1.05. The number of hydrogen-bond donors (Lipinski definition) is 0. The van der Waals surface area contributed by atoms with Crippen molar-refractivity contribution in [3.05, 3.63) is 20.3 Å². The zero-order valence-electron chi connectivity index (χ0n) is 5.15. The summed E-state index contributed by atoms with van der Waals surface area (Å²) in [6.07, 6.45) is 0. The number of aryl methyl sites for hydroxylation is 1. The van der Waals surface area contributed by atoms with Crippen LogP contribution >= 0.6 is 38.9 Å². The fourth-order valence-electron chi connectivity index (χ4n) is 0.557. The molecule has 54 valence electrons. The number of carbonyl (C=O) groups is 1. The van der Waals surface area contributed by atoms with Gasteiger partial charge in [0, 0.05) is 0 Å². The molecule has 1 aromatic heterocycles. The predicted octanol–water partition coefficient (Wildman–Crippen LogP) is 3.20. The van der Waals surface area contributed by atoms with Gasteiger partial charge < -0.3 is 0 Å². The Labute approximate surface area is 76.1 Å². The molecule has 0 unspecified atom stereocenters. The van der Waals surface area contributed by atoms with Crippen LogP contribution in [0, 0.1) is 6.92 Å². The van der Waals surface area contributed by atoms with Gasteiger partial charge in [-0.3, -0.25) is 4.79 Å². The van der Waals surface area contributed by atoms with Crippen molar-refractivity contribution in [1.82, 2.24) is 0 Å². The highest BCUT2D eigenvalue weighted by Gasteiger charge is 2.07. The average molecular weight is 240 g/mol. The first-order chi connectivity index (χ1) is 4.61. The zero-order valence-corrected chi connectivity index (χ0v) is 8.31.